The van der Waals surface area contributed by atoms with Gasteiger partial charge < -0.3 is 0 Å². The minimum Gasteiger partial charge on any atom is -0.0663 e. The lowest BCUT2D eigenvalue weighted by Gasteiger charge is -1.98. The van der Waals surface area contributed by atoms with E-state index in [2.05, 4.69) is 36.7 Å². The van der Waals surface area contributed by atoms with Gasteiger partial charge in [0.15, 0.2) is 0 Å². The summed E-state index contributed by atoms with van der Waals surface area (Å²) in [6.45, 7) is 6.49. The topological polar surface area (TPSA) is 0 Å². The van der Waals surface area contributed by atoms with E-state index in [9.17, 15) is 0 Å². The van der Waals surface area contributed by atoms with E-state index in [1.807, 2.05) is 0 Å². The third-order valence-corrected chi connectivity index (χ3v) is 2.48. The van der Waals surface area contributed by atoms with Crippen LogP contribution >= 0.6 is 15.9 Å². The molecule has 0 unspecified atom stereocenters. The third-order valence-electron chi connectivity index (χ3n) is 1.29. The van der Waals surface area contributed by atoms with Crippen molar-refractivity contribution in [2.45, 2.75) is 40.0 Å². The van der Waals surface area contributed by atoms with Gasteiger partial charge in [0, 0.05) is 0 Å². The van der Waals surface area contributed by atoms with Crippen LogP contribution in [0.3, 0.4) is 0 Å². The van der Waals surface area contributed by atoms with E-state index in [4.69, 9.17) is 0 Å². The Hall–Kier alpha value is 0.220. The van der Waals surface area contributed by atoms with Crippen molar-refractivity contribution in [3.63, 3.8) is 0 Å². The van der Waals surface area contributed by atoms with Gasteiger partial charge in [-0.2, -0.15) is 0 Å². The molecule has 0 aromatic heterocycles. The van der Waals surface area contributed by atoms with E-state index in [0.717, 1.165) is 0 Å². The van der Waals surface area contributed by atoms with Crippen LogP contribution < -0.4 is 0 Å². The quantitative estimate of drug-likeness (QED) is 0.635. The van der Waals surface area contributed by atoms with Crippen molar-refractivity contribution in [2.75, 3.05) is 0 Å². The van der Waals surface area contributed by atoms with Crippen LogP contribution in [-0.2, 0) is 0 Å². The number of halogens is 1. The summed E-state index contributed by atoms with van der Waals surface area (Å²) in [6, 6.07) is 0. The minimum atomic E-state index is 1.21. The van der Waals surface area contributed by atoms with Crippen LogP contribution in [0.5, 0.6) is 0 Å². The van der Waals surface area contributed by atoms with Gasteiger partial charge >= 0.3 is 0 Å². The van der Waals surface area contributed by atoms with Gasteiger partial charge in [-0.05, 0) is 31.2 Å². The van der Waals surface area contributed by atoms with Gasteiger partial charge in [0.25, 0.3) is 0 Å². The normalized spacial score (nSPS) is 9.33. The summed E-state index contributed by atoms with van der Waals surface area (Å²) >= 11 is 3.52. The van der Waals surface area contributed by atoms with Crippen LogP contribution in [0.1, 0.15) is 40.0 Å². The molecule has 0 N–H and O–H groups in total. The summed E-state index contributed by atoms with van der Waals surface area (Å²) < 4.78 is 1.38. The predicted octanol–water partition coefficient (Wildman–Crippen LogP) is 3.87. The Kier molecular flexibility index (Phi) is 5.16. The number of unbranched alkanes of at least 4 members (excludes halogenated alkanes) is 1. The molecule has 0 aliphatic heterocycles. The lowest BCUT2D eigenvalue weighted by atomic mass is 10.2. The first-order valence-corrected chi connectivity index (χ1v) is 4.29. The van der Waals surface area contributed by atoms with Crippen molar-refractivity contribution in [1.82, 2.24) is 0 Å². The molecule has 1 heteroatoms. The molecule has 0 atom stereocenters. The van der Waals surface area contributed by atoms with Crippen LogP contribution in [0.15, 0.2) is 10.1 Å². The van der Waals surface area contributed by atoms with Gasteiger partial charge in [0.1, 0.15) is 0 Å². The molecule has 0 spiro atoms. The molecule has 0 aromatic rings. The second-order valence-corrected chi connectivity index (χ2v) is 3.47. The first-order chi connectivity index (χ1) is 4.18. The van der Waals surface area contributed by atoms with Gasteiger partial charge in [-0.1, -0.05) is 34.8 Å². The van der Waals surface area contributed by atoms with Gasteiger partial charge in [-0.25, -0.2) is 0 Å². The van der Waals surface area contributed by atoms with Crippen molar-refractivity contribution in [1.29, 1.82) is 0 Å². The smallest absolute Gasteiger partial charge is 0.00629 e. The number of hydrogen-bond donors (Lipinski definition) is 0. The van der Waals surface area contributed by atoms with Crippen molar-refractivity contribution in [3.05, 3.63) is 10.1 Å². The second kappa shape index (κ2) is 5.04. The average molecular weight is 191 g/mol. The van der Waals surface area contributed by atoms with E-state index < -0.39 is 0 Å². The summed E-state index contributed by atoms with van der Waals surface area (Å²) in [5, 5.41) is 0. The Morgan fingerprint density at radius 3 is 2.22 bits per heavy atom. The molecule has 0 nitrogen and oxygen atoms in total. The van der Waals surface area contributed by atoms with Gasteiger partial charge in [-0.15, -0.1) is 0 Å². The largest absolute Gasteiger partial charge is 0.0663 e. The molecular weight excluding hydrogens is 176 g/mol. The molecular formula is C8H15Br. The Labute approximate surface area is 66.5 Å². The van der Waals surface area contributed by atoms with E-state index in [0.29, 0.717) is 0 Å². The van der Waals surface area contributed by atoms with Gasteiger partial charge in [-0.3, -0.25) is 0 Å². The molecule has 9 heavy (non-hydrogen) atoms. The van der Waals surface area contributed by atoms with Crippen molar-refractivity contribution < 1.29 is 0 Å². The first kappa shape index (κ1) is 9.22. The predicted molar refractivity (Wildman–Crippen MR) is 46.8 cm³/mol. The fourth-order valence-corrected chi connectivity index (χ4v) is 0.862. The molecule has 0 fully saturated rings. The zero-order valence-corrected chi connectivity index (χ0v) is 8.09. The molecule has 0 bridgehead atoms. The molecule has 54 valence electrons. The maximum Gasteiger partial charge on any atom is -0.00629 e. The Balaban J connectivity index is 3.50. The SMILES string of the molecule is CCCCC(Br)=C(C)C. The highest BCUT2D eigenvalue weighted by molar-refractivity contribution is 9.11. The molecule has 0 aliphatic rings. The summed E-state index contributed by atoms with van der Waals surface area (Å²) in [5.74, 6) is 0. The first-order valence-electron chi connectivity index (χ1n) is 3.50. The summed E-state index contributed by atoms with van der Waals surface area (Å²) in [6.07, 6.45) is 3.78. The third kappa shape index (κ3) is 4.71. The Bertz CT molecular complexity index is 99.1. The molecule has 0 radical (unpaired) electrons. The Morgan fingerprint density at radius 2 is 1.89 bits per heavy atom. The number of allylic oxidation sites excluding steroid dienone is 2. The Morgan fingerprint density at radius 1 is 1.33 bits per heavy atom. The summed E-state index contributed by atoms with van der Waals surface area (Å²) in [5.41, 5.74) is 1.41. The lowest BCUT2D eigenvalue weighted by Crippen LogP contribution is -1.76. The monoisotopic (exact) mass is 190 g/mol. The highest BCUT2D eigenvalue weighted by atomic mass is 79.9. The summed E-state index contributed by atoms with van der Waals surface area (Å²) in [4.78, 5) is 0. The summed E-state index contributed by atoms with van der Waals surface area (Å²) in [7, 11) is 0. The van der Waals surface area contributed by atoms with E-state index in [1.165, 1.54) is 29.3 Å². The molecule has 0 aromatic carbocycles. The molecule has 0 amide bonds. The molecule has 0 rings (SSSR count). The molecule has 0 aliphatic carbocycles. The standard InChI is InChI=1S/C8H15Br/c1-4-5-6-8(9)7(2)3/h4-6H2,1-3H3. The van der Waals surface area contributed by atoms with Crippen LogP contribution in [0, 0.1) is 0 Å². The maximum absolute atomic E-state index is 3.52. The minimum absolute atomic E-state index is 1.21. The van der Waals surface area contributed by atoms with Crippen LogP contribution in [0.4, 0.5) is 0 Å². The maximum atomic E-state index is 3.52. The molecule has 0 saturated heterocycles. The van der Waals surface area contributed by atoms with Crippen LogP contribution in [-0.4, -0.2) is 0 Å². The van der Waals surface area contributed by atoms with E-state index >= 15 is 0 Å². The van der Waals surface area contributed by atoms with Crippen LogP contribution in [0.2, 0.25) is 0 Å². The number of hydrogen-bond acceptors (Lipinski definition) is 0. The highest BCUT2D eigenvalue weighted by Crippen LogP contribution is 2.17. The fraction of sp³-hybridized carbons (Fsp3) is 0.750. The number of rotatable bonds is 3. The zero-order chi connectivity index (χ0) is 7.28. The highest BCUT2D eigenvalue weighted by Gasteiger charge is 1.91. The second-order valence-electron chi connectivity index (χ2n) is 2.51. The molecule has 0 heterocycles. The zero-order valence-electron chi connectivity index (χ0n) is 6.50. The molecule has 0 saturated carbocycles. The van der Waals surface area contributed by atoms with Gasteiger partial charge in [0.05, 0.1) is 0 Å². The van der Waals surface area contributed by atoms with E-state index in [-0.39, 0.29) is 0 Å². The van der Waals surface area contributed by atoms with Crippen molar-refractivity contribution in [2.24, 2.45) is 0 Å². The van der Waals surface area contributed by atoms with Gasteiger partial charge in [0.2, 0.25) is 0 Å². The fourth-order valence-electron chi connectivity index (χ4n) is 0.582. The van der Waals surface area contributed by atoms with Crippen molar-refractivity contribution >= 4 is 15.9 Å². The van der Waals surface area contributed by atoms with E-state index in [1.54, 1.807) is 0 Å². The van der Waals surface area contributed by atoms with Crippen LogP contribution in [0.25, 0.3) is 0 Å². The van der Waals surface area contributed by atoms with Crippen molar-refractivity contribution in [3.8, 4) is 0 Å². The lowest BCUT2D eigenvalue weighted by molar-refractivity contribution is 0.806. The average Bonchev–Trinajstić information content (AvgIpc) is 1.82.